The Morgan fingerprint density at radius 3 is 1.50 bits per heavy atom. The summed E-state index contributed by atoms with van der Waals surface area (Å²) in [7, 11) is 0. The molecule has 4 aromatic rings. The molecule has 3 heteroatoms. The van der Waals surface area contributed by atoms with Gasteiger partial charge in [-0.15, -0.1) is 0 Å². The lowest BCUT2D eigenvalue weighted by molar-refractivity contribution is -0.118. The Bertz CT molecular complexity index is 1080. The monoisotopic (exact) mass is 420 g/mol. The van der Waals surface area contributed by atoms with Crippen LogP contribution in [-0.4, -0.2) is 12.5 Å². The van der Waals surface area contributed by atoms with Crippen LogP contribution in [0.15, 0.2) is 121 Å². The number of anilines is 2. The summed E-state index contributed by atoms with van der Waals surface area (Å²) in [6, 6.07) is 40.8. The molecule has 0 fully saturated rings. The van der Waals surface area contributed by atoms with Gasteiger partial charge in [0.15, 0.2) is 0 Å². The molecule has 4 rings (SSSR count). The second-order valence-electron chi connectivity index (χ2n) is 7.79. The number of carbonyl (C=O) groups is 1. The fourth-order valence-electron chi connectivity index (χ4n) is 3.81. The third kappa shape index (κ3) is 5.86. The van der Waals surface area contributed by atoms with Crippen LogP contribution in [0.3, 0.4) is 0 Å². The average molecular weight is 421 g/mol. The van der Waals surface area contributed by atoms with E-state index in [2.05, 4.69) is 53.4 Å². The van der Waals surface area contributed by atoms with Crippen molar-refractivity contribution in [2.45, 2.75) is 19.5 Å². The van der Waals surface area contributed by atoms with Crippen molar-refractivity contribution in [2.75, 3.05) is 16.3 Å². The lowest BCUT2D eigenvalue weighted by Gasteiger charge is -2.28. The van der Waals surface area contributed by atoms with E-state index in [0.29, 0.717) is 19.5 Å². The molecule has 0 aliphatic carbocycles. The van der Waals surface area contributed by atoms with Gasteiger partial charge in [0.1, 0.15) is 0 Å². The van der Waals surface area contributed by atoms with Gasteiger partial charge in [-0.2, -0.15) is 0 Å². The zero-order valence-corrected chi connectivity index (χ0v) is 18.2. The van der Waals surface area contributed by atoms with Crippen molar-refractivity contribution in [3.63, 3.8) is 0 Å². The predicted molar refractivity (Wildman–Crippen MR) is 133 cm³/mol. The lowest BCUT2D eigenvalue weighted by atomic mass is 10.1. The van der Waals surface area contributed by atoms with Crippen LogP contribution >= 0.6 is 0 Å². The molecule has 0 N–H and O–H groups in total. The number of carbonyl (C=O) groups excluding carboxylic acids is 1. The Morgan fingerprint density at radius 1 is 0.531 bits per heavy atom. The highest BCUT2D eigenvalue weighted by molar-refractivity contribution is 5.93. The molecule has 0 unspecified atom stereocenters. The zero-order valence-electron chi connectivity index (χ0n) is 18.2. The van der Waals surface area contributed by atoms with Crippen molar-refractivity contribution in [3.05, 3.63) is 132 Å². The van der Waals surface area contributed by atoms with Crippen LogP contribution in [0.4, 0.5) is 11.4 Å². The smallest absolute Gasteiger partial charge is 0.229 e. The molecular weight excluding hydrogens is 392 g/mol. The first-order valence-corrected chi connectivity index (χ1v) is 11.0. The Labute approximate surface area is 190 Å². The molecule has 0 saturated heterocycles. The first-order chi connectivity index (χ1) is 15.8. The number of nitrogens with zero attached hydrogens (tertiary/aromatic N) is 2. The molecular formula is C29H28N2O. The summed E-state index contributed by atoms with van der Waals surface area (Å²) >= 11 is 0. The van der Waals surface area contributed by atoms with E-state index in [1.807, 2.05) is 77.7 Å². The van der Waals surface area contributed by atoms with E-state index in [4.69, 9.17) is 0 Å². The average Bonchev–Trinajstić information content (AvgIpc) is 2.87. The third-order valence-corrected chi connectivity index (χ3v) is 5.49. The minimum atomic E-state index is 0.119. The molecule has 160 valence electrons. The number of hydrogen-bond acceptors (Lipinski definition) is 2. The molecule has 0 bridgehead atoms. The Balaban J connectivity index is 1.51. The third-order valence-electron chi connectivity index (χ3n) is 5.49. The number of amides is 1. The number of benzene rings is 4. The van der Waals surface area contributed by atoms with Gasteiger partial charge in [-0.3, -0.25) is 4.79 Å². The normalized spacial score (nSPS) is 10.5. The second-order valence-corrected chi connectivity index (χ2v) is 7.79. The number of rotatable bonds is 9. The van der Waals surface area contributed by atoms with E-state index < -0.39 is 0 Å². The maximum Gasteiger partial charge on any atom is 0.229 e. The van der Waals surface area contributed by atoms with Crippen molar-refractivity contribution >= 4 is 17.3 Å². The topological polar surface area (TPSA) is 23.6 Å². The molecule has 0 saturated carbocycles. The van der Waals surface area contributed by atoms with Crippen LogP contribution in [0, 0.1) is 0 Å². The van der Waals surface area contributed by atoms with E-state index in [9.17, 15) is 4.79 Å². The highest BCUT2D eigenvalue weighted by Gasteiger charge is 2.18. The van der Waals surface area contributed by atoms with Gasteiger partial charge < -0.3 is 9.80 Å². The zero-order chi connectivity index (χ0) is 22.0. The fraction of sp³-hybridized carbons (Fsp3) is 0.138. The number of hydrogen-bond donors (Lipinski definition) is 0. The minimum absolute atomic E-state index is 0.119. The predicted octanol–water partition coefficient (Wildman–Crippen LogP) is 6.32. The van der Waals surface area contributed by atoms with E-state index >= 15 is 0 Å². The van der Waals surface area contributed by atoms with Crippen molar-refractivity contribution in [1.29, 1.82) is 0 Å². The van der Waals surface area contributed by atoms with Gasteiger partial charge in [-0.25, -0.2) is 0 Å². The van der Waals surface area contributed by atoms with E-state index in [1.165, 1.54) is 5.56 Å². The Kier molecular flexibility index (Phi) is 7.33. The summed E-state index contributed by atoms with van der Waals surface area (Å²) in [4.78, 5) is 17.6. The van der Waals surface area contributed by atoms with Gasteiger partial charge in [0.2, 0.25) is 5.91 Å². The molecule has 0 aliphatic heterocycles. The van der Waals surface area contributed by atoms with Crippen LogP contribution in [0.5, 0.6) is 0 Å². The first-order valence-electron chi connectivity index (χ1n) is 11.0. The quantitative estimate of drug-likeness (QED) is 0.316. The van der Waals surface area contributed by atoms with Gasteiger partial charge >= 0.3 is 0 Å². The van der Waals surface area contributed by atoms with Crippen molar-refractivity contribution in [1.82, 2.24) is 0 Å². The summed E-state index contributed by atoms with van der Waals surface area (Å²) in [5.74, 6) is 0.119. The maximum absolute atomic E-state index is 13.4. The van der Waals surface area contributed by atoms with Crippen LogP contribution < -0.4 is 9.80 Å². The maximum atomic E-state index is 13.4. The van der Waals surface area contributed by atoms with E-state index in [0.717, 1.165) is 23.5 Å². The SMILES string of the molecule is O=C(CCN(Cc1ccccc1)c1ccccc1)N(Cc1ccccc1)c1ccccc1. The van der Waals surface area contributed by atoms with Crippen LogP contribution in [-0.2, 0) is 17.9 Å². The first kappa shape index (κ1) is 21.4. The molecule has 0 heterocycles. The van der Waals surface area contributed by atoms with Crippen LogP contribution in [0.25, 0.3) is 0 Å². The minimum Gasteiger partial charge on any atom is -0.367 e. The van der Waals surface area contributed by atoms with Crippen molar-refractivity contribution in [2.24, 2.45) is 0 Å². The fourth-order valence-corrected chi connectivity index (χ4v) is 3.81. The van der Waals surface area contributed by atoms with Gasteiger partial charge in [-0.1, -0.05) is 97.1 Å². The molecule has 4 aromatic carbocycles. The highest BCUT2D eigenvalue weighted by atomic mass is 16.2. The highest BCUT2D eigenvalue weighted by Crippen LogP contribution is 2.21. The summed E-state index contributed by atoms with van der Waals surface area (Å²) in [5.41, 5.74) is 4.40. The molecule has 0 aliphatic rings. The van der Waals surface area contributed by atoms with Gasteiger partial charge in [0.05, 0.1) is 6.54 Å². The van der Waals surface area contributed by atoms with Gasteiger partial charge in [-0.05, 0) is 35.4 Å². The molecule has 1 amide bonds. The second kappa shape index (κ2) is 11.0. The molecule has 32 heavy (non-hydrogen) atoms. The molecule has 0 radical (unpaired) electrons. The van der Waals surface area contributed by atoms with E-state index in [1.54, 1.807) is 0 Å². The summed E-state index contributed by atoms with van der Waals surface area (Å²) in [6.07, 6.45) is 0.434. The standard InChI is InChI=1S/C29H28N2O/c32-29(31(28-19-11-4-12-20-28)24-26-15-7-2-8-16-26)21-22-30(27-17-9-3-10-18-27)23-25-13-5-1-6-14-25/h1-20H,21-24H2. The summed E-state index contributed by atoms with van der Waals surface area (Å²) < 4.78 is 0. The van der Waals surface area contributed by atoms with Crippen LogP contribution in [0.1, 0.15) is 17.5 Å². The summed E-state index contributed by atoms with van der Waals surface area (Å²) in [6.45, 7) is 1.98. The van der Waals surface area contributed by atoms with Gasteiger partial charge in [0, 0.05) is 30.9 Å². The van der Waals surface area contributed by atoms with Crippen molar-refractivity contribution in [3.8, 4) is 0 Å². The Hall–Kier alpha value is -3.85. The van der Waals surface area contributed by atoms with Gasteiger partial charge in [0.25, 0.3) is 0 Å². The molecule has 0 spiro atoms. The molecule has 0 aromatic heterocycles. The summed E-state index contributed by atoms with van der Waals surface area (Å²) in [5, 5.41) is 0. The largest absolute Gasteiger partial charge is 0.367 e. The molecule has 3 nitrogen and oxygen atoms in total. The van der Waals surface area contributed by atoms with Crippen LogP contribution in [0.2, 0.25) is 0 Å². The molecule has 0 atom stereocenters. The Morgan fingerprint density at radius 2 is 0.969 bits per heavy atom. The van der Waals surface area contributed by atoms with E-state index in [-0.39, 0.29) is 5.91 Å². The number of para-hydroxylation sites is 2. The van der Waals surface area contributed by atoms with Crippen molar-refractivity contribution < 1.29 is 4.79 Å². The lowest BCUT2D eigenvalue weighted by Crippen LogP contribution is -2.34.